The monoisotopic (exact) mass is 496 g/mol. The highest BCUT2D eigenvalue weighted by Crippen LogP contribution is 2.38. The van der Waals surface area contributed by atoms with Crippen LogP contribution in [0.25, 0.3) is 0 Å². The Bertz CT molecular complexity index is 958. The molecule has 0 radical (unpaired) electrons. The molecule has 29 heavy (non-hydrogen) atoms. The second-order valence-electron chi connectivity index (χ2n) is 6.63. The van der Waals surface area contributed by atoms with E-state index in [1.54, 1.807) is 6.07 Å². The van der Waals surface area contributed by atoms with Crippen molar-refractivity contribution >= 4 is 61.5 Å². The SMILES string of the molecule is COC(=O)c1c(NC(=S)NC(=O)COc2ccc(C)cc2Br)sc2c1CCCC2. The first-order valence-electron chi connectivity index (χ1n) is 9.11. The molecule has 0 fully saturated rings. The Kier molecular flexibility index (Phi) is 7.26. The van der Waals surface area contributed by atoms with Crippen molar-refractivity contribution < 1.29 is 19.1 Å². The molecule has 3 rings (SSSR count). The molecule has 6 nitrogen and oxygen atoms in total. The van der Waals surface area contributed by atoms with Gasteiger partial charge in [-0.2, -0.15) is 0 Å². The summed E-state index contributed by atoms with van der Waals surface area (Å²) in [7, 11) is 1.36. The summed E-state index contributed by atoms with van der Waals surface area (Å²) in [6, 6.07) is 5.60. The molecule has 0 saturated heterocycles. The van der Waals surface area contributed by atoms with Gasteiger partial charge in [-0.05, 0) is 84.0 Å². The van der Waals surface area contributed by atoms with E-state index in [0.29, 0.717) is 16.3 Å². The van der Waals surface area contributed by atoms with E-state index in [0.717, 1.165) is 41.3 Å². The molecule has 0 aliphatic heterocycles. The van der Waals surface area contributed by atoms with Gasteiger partial charge >= 0.3 is 5.97 Å². The fourth-order valence-electron chi connectivity index (χ4n) is 3.14. The van der Waals surface area contributed by atoms with Crippen molar-refractivity contribution in [2.24, 2.45) is 0 Å². The molecule has 1 amide bonds. The number of rotatable bonds is 5. The lowest BCUT2D eigenvalue weighted by molar-refractivity contribution is -0.121. The number of nitrogens with one attached hydrogen (secondary N) is 2. The van der Waals surface area contributed by atoms with E-state index in [1.165, 1.54) is 23.3 Å². The molecule has 1 heterocycles. The number of hydrogen-bond acceptors (Lipinski definition) is 6. The second kappa shape index (κ2) is 9.69. The standard InChI is InChI=1S/C20H21BrN2O4S2/c1-11-7-8-14(13(21)9-11)27-10-16(24)22-20(28)23-18-17(19(25)26-2)12-5-3-4-6-15(12)29-18/h7-9H,3-6,10H2,1-2H3,(H2,22,23,24,28). The lowest BCUT2D eigenvalue weighted by Gasteiger charge is -2.12. The molecule has 2 N–H and O–H groups in total. The lowest BCUT2D eigenvalue weighted by Crippen LogP contribution is -2.37. The maximum absolute atomic E-state index is 12.3. The Labute approximate surface area is 187 Å². The van der Waals surface area contributed by atoms with Gasteiger partial charge in [0.25, 0.3) is 5.91 Å². The number of hydrogen-bond donors (Lipinski definition) is 2. The molecule has 0 saturated carbocycles. The number of aryl methyl sites for hydroxylation is 2. The van der Waals surface area contributed by atoms with Crippen LogP contribution in [0.1, 0.15) is 39.2 Å². The van der Waals surface area contributed by atoms with E-state index in [2.05, 4.69) is 26.6 Å². The zero-order valence-electron chi connectivity index (χ0n) is 16.1. The third kappa shape index (κ3) is 5.34. The minimum Gasteiger partial charge on any atom is -0.483 e. The topological polar surface area (TPSA) is 76.7 Å². The van der Waals surface area contributed by atoms with Gasteiger partial charge in [0, 0.05) is 4.88 Å². The molecule has 1 aliphatic rings. The minimum absolute atomic E-state index is 0.116. The molecule has 2 aromatic rings. The molecule has 1 aromatic heterocycles. The van der Waals surface area contributed by atoms with Crippen LogP contribution < -0.4 is 15.4 Å². The first-order chi connectivity index (χ1) is 13.9. The Hall–Kier alpha value is -1.97. The molecular formula is C20H21BrN2O4S2. The van der Waals surface area contributed by atoms with Gasteiger partial charge in [0.1, 0.15) is 10.8 Å². The van der Waals surface area contributed by atoms with Crippen LogP contribution in [0, 0.1) is 6.92 Å². The van der Waals surface area contributed by atoms with Gasteiger partial charge in [0.05, 0.1) is 17.1 Å². The van der Waals surface area contributed by atoms with E-state index >= 15 is 0 Å². The van der Waals surface area contributed by atoms with E-state index in [-0.39, 0.29) is 11.7 Å². The van der Waals surface area contributed by atoms with Crippen molar-refractivity contribution in [3.05, 3.63) is 44.2 Å². The quantitative estimate of drug-likeness (QED) is 0.472. The number of thiocarbonyl (C=S) groups is 1. The molecular weight excluding hydrogens is 476 g/mol. The Morgan fingerprint density at radius 2 is 2.03 bits per heavy atom. The summed E-state index contributed by atoms with van der Waals surface area (Å²) in [5, 5.41) is 6.30. The third-order valence-electron chi connectivity index (χ3n) is 4.49. The van der Waals surface area contributed by atoms with E-state index in [9.17, 15) is 9.59 Å². The summed E-state index contributed by atoms with van der Waals surface area (Å²) < 4.78 is 11.3. The molecule has 154 valence electrons. The zero-order valence-corrected chi connectivity index (χ0v) is 19.3. The highest BCUT2D eigenvalue weighted by Gasteiger charge is 2.26. The van der Waals surface area contributed by atoms with Crippen molar-refractivity contribution in [2.45, 2.75) is 32.6 Å². The van der Waals surface area contributed by atoms with Crippen LogP contribution in [0.15, 0.2) is 22.7 Å². The van der Waals surface area contributed by atoms with Gasteiger partial charge in [-0.1, -0.05) is 6.07 Å². The fourth-order valence-corrected chi connectivity index (χ4v) is 5.31. The average Bonchev–Trinajstić information content (AvgIpc) is 3.04. The number of fused-ring (bicyclic) bond motifs is 1. The number of methoxy groups -OCH3 is 1. The average molecular weight is 497 g/mol. The summed E-state index contributed by atoms with van der Waals surface area (Å²) in [4.78, 5) is 25.6. The largest absolute Gasteiger partial charge is 0.483 e. The van der Waals surface area contributed by atoms with Gasteiger partial charge in [-0.25, -0.2) is 4.79 Å². The summed E-state index contributed by atoms with van der Waals surface area (Å²) in [6.45, 7) is 1.78. The van der Waals surface area contributed by atoms with Crippen molar-refractivity contribution in [1.29, 1.82) is 0 Å². The first-order valence-corrected chi connectivity index (χ1v) is 11.1. The number of carbonyl (C=O) groups excluding carboxylic acids is 2. The summed E-state index contributed by atoms with van der Waals surface area (Å²) in [5.74, 6) is -0.215. The third-order valence-corrected chi connectivity index (χ3v) is 6.52. The van der Waals surface area contributed by atoms with Crippen molar-refractivity contribution in [1.82, 2.24) is 5.32 Å². The normalized spacial score (nSPS) is 12.7. The summed E-state index contributed by atoms with van der Waals surface area (Å²) >= 11 is 10.2. The van der Waals surface area contributed by atoms with Gasteiger partial charge in [0.15, 0.2) is 11.7 Å². The molecule has 1 aromatic carbocycles. The molecule has 0 atom stereocenters. The molecule has 0 spiro atoms. The first kappa shape index (κ1) is 21.7. The van der Waals surface area contributed by atoms with Gasteiger partial charge in [0.2, 0.25) is 0 Å². The highest BCUT2D eigenvalue weighted by molar-refractivity contribution is 9.10. The Morgan fingerprint density at radius 1 is 1.28 bits per heavy atom. The number of anilines is 1. The molecule has 1 aliphatic carbocycles. The Balaban J connectivity index is 1.62. The van der Waals surface area contributed by atoms with Gasteiger partial charge in [-0.15, -0.1) is 11.3 Å². The number of esters is 1. The molecule has 9 heteroatoms. The van der Waals surface area contributed by atoms with Crippen LogP contribution in [-0.2, 0) is 22.4 Å². The predicted molar refractivity (Wildman–Crippen MR) is 121 cm³/mol. The maximum atomic E-state index is 12.3. The minimum atomic E-state index is -0.395. The van der Waals surface area contributed by atoms with Gasteiger partial charge < -0.3 is 14.8 Å². The van der Waals surface area contributed by atoms with Crippen LogP contribution in [0.5, 0.6) is 5.75 Å². The second-order valence-corrected chi connectivity index (χ2v) is 9.00. The summed E-state index contributed by atoms with van der Waals surface area (Å²) in [6.07, 6.45) is 3.92. The van der Waals surface area contributed by atoms with Crippen LogP contribution >= 0.6 is 39.5 Å². The van der Waals surface area contributed by atoms with E-state index in [1.807, 2.05) is 19.1 Å². The van der Waals surface area contributed by atoms with Crippen LogP contribution in [0.3, 0.4) is 0 Å². The fraction of sp³-hybridized carbons (Fsp3) is 0.350. The number of ether oxygens (including phenoxy) is 2. The number of thiophene rings is 1. The van der Waals surface area contributed by atoms with Crippen molar-refractivity contribution in [3.8, 4) is 5.75 Å². The number of benzene rings is 1. The van der Waals surface area contributed by atoms with Crippen molar-refractivity contribution in [2.75, 3.05) is 19.0 Å². The molecule has 0 bridgehead atoms. The Morgan fingerprint density at radius 3 is 2.76 bits per heavy atom. The smallest absolute Gasteiger partial charge is 0.341 e. The predicted octanol–water partition coefficient (Wildman–Crippen LogP) is 4.38. The van der Waals surface area contributed by atoms with Gasteiger partial charge in [-0.3, -0.25) is 10.1 Å². The zero-order chi connectivity index (χ0) is 21.0. The molecule has 0 unspecified atom stereocenters. The van der Waals surface area contributed by atoms with Crippen LogP contribution in [0.2, 0.25) is 0 Å². The van der Waals surface area contributed by atoms with E-state index < -0.39 is 11.9 Å². The van der Waals surface area contributed by atoms with E-state index in [4.69, 9.17) is 21.7 Å². The maximum Gasteiger partial charge on any atom is 0.341 e. The lowest BCUT2D eigenvalue weighted by atomic mass is 9.95. The number of halogens is 1. The summed E-state index contributed by atoms with van der Waals surface area (Å²) in [5.41, 5.74) is 2.63. The van der Waals surface area contributed by atoms with Crippen LogP contribution in [0.4, 0.5) is 5.00 Å². The van der Waals surface area contributed by atoms with Crippen molar-refractivity contribution in [3.63, 3.8) is 0 Å². The number of amides is 1. The number of carbonyl (C=O) groups is 2. The highest BCUT2D eigenvalue weighted by atomic mass is 79.9. The van der Waals surface area contributed by atoms with Crippen LogP contribution in [-0.4, -0.2) is 30.7 Å².